The lowest BCUT2D eigenvalue weighted by Crippen LogP contribution is -2.03. The van der Waals surface area contributed by atoms with E-state index in [0.29, 0.717) is 11.4 Å². The molecule has 2 radical (unpaired) electrons. The average Bonchev–Trinajstić information content (AvgIpc) is 2.37. The van der Waals surface area contributed by atoms with Crippen molar-refractivity contribution in [2.75, 3.05) is 0 Å². The van der Waals surface area contributed by atoms with Crippen molar-refractivity contribution in [1.29, 1.82) is 0 Å². The van der Waals surface area contributed by atoms with Crippen LogP contribution in [0.2, 0.25) is 6.32 Å². The molecule has 0 aliphatic heterocycles. The molecule has 0 amide bonds. The summed E-state index contributed by atoms with van der Waals surface area (Å²) >= 11 is 0. The van der Waals surface area contributed by atoms with Gasteiger partial charge in [-0.25, -0.2) is 0 Å². The zero-order valence-corrected chi connectivity index (χ0v) is 9.26. The van der Waals surface area contributed by atoms with Crippen molar-refractivity contribution >= 4 is 30.1 Å². The minimum Gasteiger partial charge on any atom is -0.397 e. The summed E-state index contributed by atoms with van der Waals surface area (Å²) in [6, 6.07) is 9.64. The van der Waals surface area contributed by atoms with Gasteiger partial charge in [0.05, 0.1) is 19.2 Å². The predicted molar refractivity (Wildman–Crippen MR) is 69.5 cm³/mol. The normalized spacial score (nSPS) is 11.6. The quantitative estimate of drug-likeness (QED) is 0.635. The van der Waals surface area contributed by atoms with Crippen LogP contribution in [0.25, 0.3) is 16.5 Å². The molecule has 0 spiro atoms. The Morgan fingerprint density at radius 1 is 1.35 bits per heavy atom. The summed E-state index contributed by atoms with van der Waals surface area (Å²) in [6.45, 7) is 0. The Morgan fingerprint density at radius 2 is 2.12 bits per heavy atom. The van der Waals surface area contributed by atoms with Gasteiger partial charge in [0.2, 0.25) is 0 Å². The predicted octanol–water partition coefficient (Wildman–Crippen LogP) is 1.69. The zero-order chi connectivity index (χ0) is 12.3. The molecule has 0 aliphatic rings. The molecule has 1 aromatic heterocycles. The molecule has 0 fully saturated rings. The van der Waals surface area contributed by atoms with Gasteiger partial charge in [0.15, 0.2) is 0 Å². The molecule has 0 bridgehead atoms. The third-order valence-electron chi connectivity index (χ3n) is 2.46. The van der Waals surface area contributed by atoms with Gasteiger partial charge in [-0.3, -0.25) is 9.78 Å². The highest BCUT2D eigenvalue weighted by Crippen LogP contribution is 2.20. The first-order chi connectivity index (χ1) is 8.22. The summed E-state index contributed by atoms with van der Waals surface area (Å²) in [5.41, 5.74) is 6.82. The van der Waals surface area contributed by atoms with Crippen molar-refractivity contribution in [2.45, 2.75) is 6.32 Å². The van der Waals surface area contributed by atoms with Gasteiger partial charge in [-0.05, 0) is 17.8 Å². The molecule has 0 aliphatic carbocycles. The van der Waals surface area contributed by atoms with Gasteiger partial charge < -0.3 is 5.73 Å². The SMILES string of the molecule is [B]CC(=O)/C=C(\N)c1nccc2ccccc12. The molecule has 1 heterocycles. The molecular weight excluding hydrogens is 211 g/mol. The van der Waals surface area contributed by atoms with Gasteiger partial charge in [0.25, 0.3) is 0 Å². The van der Waals surface area contributed by atoms with Crippen molar-refractivity contribution in [3.63, 3.8) is 0 Å². The first-order valence-corrected chi connectivity index (χ1v) is 5.26. The van der Waals surface area contributed by atoms with Crippen LogP contribution in [0, 0.1) is 0 Å². The van der Waals surface area contributed by atoms with Crippen molar-refractivity contribution in [1.82, 2.24) is 4.98 Å². The summed E-state index contributed by atoms with van der Waals surface area (Å²) in [6.07, 6.45) is 2.95. The molecule has 4 heteroatoms. The Balaban J connectivity index is 2.56. The molecular formula is C13H11BN2O. The monoisotopic (exact) mass is 222 g/mol. The highest BCUT2D eigenvalue weighted by molar-refractivity contribution is 6.23. The van der Waals surface area contributed by atoms with Gasteiger partial charge in [0.1, 0.15) is 5.78 Å². The van der Waals surface area contributed by atoms with E-state index in [4.69, 9.17) is 13.6 Å². The number of hydrogen-bond donors (Lipinski definition) is 1. The molecule has 17 heavy (non-hydrogen) atoms. The highest BCUT2D eigenvalue weighted by Gasteiger charge is 2.05. The summed E-state index contributed by atoms with van der Waals surface area (Å²) in [4.78, 5) is 15.4. The molecule has 0 saturated carbocycles. The van der Waals surface area contributed by atoms with Crippen molar-refractivity contribution in [3.05, 3.63) is 48.3 Å². The second-order valence-electron chi connectivity index (χ2n) is 3.65. The molecule has 2 aromatic rings. The van der Waals surface area contributed by atoms with Gasteiger partial charge in [0, 0.05) is 17.7 Å². The number of fused-ring (bicyclic) bond motifs is 1. The number of pyridine rings is 1. The maximum Gasteiger partial charge on any atom is 0.149 e. The van der Waals surface area contributed by atoms with E-state index in [1.807, 2.05) is 30.3 Å². The topological polar surface area (TPSA) is 56.0 Å². The smallest absolute Gasteiger partial charge is 0.149 e. The third kappa shape index (κ3) is 2.36. The number of carbonyl (C=O) groups is 1. The van der Waals surface area contributed by atoms with Crippen LogP contribution in [0.15, 0.2) is 42.6 Å². The Bertz CT molecular complexity index is 587. The molecule has 2 N–H and O–H groups in total. The summed E-state index contributed by atoms with van der Waals surface area (Å²) < 4.78 is 0. The van der Waals surface area contributed by atoms with Crippen molar-refractivity contribution < 1.29 is 4.79 Å². The number of nitrogens with two attached hydrogens (primary N) is 1. The highest BCUT2D eigenvalue weighted by atomic mass is 16.1. The molecule has 0 saturated heterocycles. The summed E-state index contributed by atoms with van der Waals surface area (Å²) in [5, 5.41) is 1.96. The number of aromatic nitrogens is 1. The van der Waals surface area contributed by atoms with Crippen LogP contribution in [0.4, 0.5) is 0 Å². The van der Waals surface area contributed by atoms with Crippen molar-refractivity contribution in [3.8, 4) is 0 Å². The van der Waals surface area contributed by atoms with Crippen LogP contribution in [-0.2, 0) is 4.79 Å². The van der Waals surface area contributed by atoms with Crippen LogP contribution >= 0.6 is 0 Å². The first-order valence-electron chi connectivity index (χ1n) is 5.26. The number of hydrogen-bond acceptors (Lipinski definition) is 3. The average molecular weight is 222 g/mol. The number of benzene rings is 1. The number of carbonyl (C=O) groups excluding carboxylic acids is 1. The molecule has 1 aromatic carbocycles. The maximum atomic E-state index is 11.2. The van der Waals surface area contributed by atoms with E-state index in [9.17, 15) is 4.79 Å². The fraction of sp³-hybridized carbons (Fsp3) is 0.0769. The standard InChI is InChI=1S/C13H11BN2O/c14-8-10(17)7-12(15)13-11-4-2-1-3-9(11)5-6-16-13/h1-7H,8,15H2/b12-7-. The lowest BCUT2D eigenvalue weighted by molar-refractivity contribution is -0.112. The lowest BCUT2D eigenvalue weighted by atomic mass is 9.99. The molecule has 82 valence electrons. The van der Waals surface area contributed by atoms with Crippen LogP contribution < -0.4 is 5.73 Å². The van der Waals surface area contributed by atoms with E-state index in [0.717, 1.165) is 10.8 Å². The Kier molecular flexibility index (Phi) is 3.23. The van der Waals surface area contributed by atoms with E-state index in [-0.39, 0.29) is 12.1 Å². The van der Waals surface area contributed by atoms with Gasteiger partial charge in [-0.15, -0.1) is 0 Å². The number of nitrogens with zero attached hydrogens (tertiary/aromatic N) is 1. The second kappa shape index (κ2) is 4.83. The Hall–Kier alpha value is -2.10. The minimum atomic E-state index is -0.211. The lowest BCUT2D eigenvalue weighted by Gasteiger charge is -2.05. The van der Waals surface area contributed by atoms with E-state index in [2.05, 4.69) is 4.98 Å². The molecule has 2 rings (SSSR count). The van der Waals surface area contributed by atoms with E-state index in [1.54, 1.807) is 6.20 Å². The molecule has 3 nitrogen and oxygen atoms in total. The van der Waals surface area contributed by atoms with Crippen LogP contribution in [-0.4, -0.2) is 18.6 Å². The fourth-order valence-corrected chi connectivity index (χ4v) is 1.65. The summed E-state index contributed by atoms with van der Waals surface area (Å²) in [5.74, 6) is -0.211. The van der Waals surface area contributed by atoms with Crippen molar-refractivity contribution in [2.24, 2.45) is 5.73 Å². The van der Waals surface area contributed by atoms with E-state index < -0.39 is 0 Å². The third-order valence-corrected chi connectivity index (χ3v) is 2.46. The fourth-order valence-electron chi connectivity index (χ4n) is 1.65. The van der Waals surface area contributed by atoms with Crippen LogP contribution in [0.3, 0.4) is 0 Å². The first kappa shape index (κ1) is 11.4. The van der Waals surface area contributed by atoms with Gasteiger partial charge >= 0.3 is 0 Å². The maximum absolute atomic E-state index is 11.2. The second-order valence-corrected chi connectivity index (χ2v) is 3.65. The molecule has 0 unspecified atom stereocenters. The zero-order valence-electron chi connectivity index (χ0n) is 9.26. The van der Waals surface area contributed by atoms with E-state index >= 15 is 0 Å². The number of rotatable bonds is 3. The minimum absolute atomic E-state index is 0.0501. The van der Waals surface area contributed by atoms with Crippen LogP contribution in [0.5, 0.6) is 0 Å². The number of ketones is 1. The number of allylic oxidation sites excluding steroid dienone is 1. The van der Waals surface area contributed by atoms with Crippen LogP contribution in [0.1, 0.15) is 5.69 Å². The largest absolute Gasteiger partial charge is 0.397 e. The Morgan fingerprint density at radius 3 is 2.88 bits per heavy atom. The van der Waals surface area contributed by atoms with Gasteiger partial charge in [-0.2, -0.15) is 0 Å². The Labute approximate surface area is 101 Å². The molecule has 0 atom stereocenters. The van der Waals surface area contributed by atoms with Gasteiger partial charge in [-0.1, -0.05) is 24.3 Å². The van der Waals surface area contributed by atoms with E-state index in [1.165, 1.54) is 6.08 Å². The summed E-state index contributed by atoms with van der Waals surface area (Å²) in [7, 11) is 5.24.